The van der Waals surface area contributed by atoms with E-state index in [0.717, 1.165) is 21.2 Å². The first-order valence-electron chi connectivity index (χ1n) is 17.1. The van der Waals surface area contributed by atoms with E-state index in [1.165, 1.54) is 54.4 Å². The predicted molar refractivity (Wildman–Crippen MR) is 208 cm³/mol. The van der Waals surface area contributed by atoms with Crippen molar-refractivity contribution in [3.8, 4) is 57.1 Å². The van der Waals surface area contributed by atoms with Gasteiger partial charge in [-0.2, -0.15) is 0 Å². The number of aromatic nitrogens is 2. The van der Waals surface area contributed by atoms with Crippen LogP contribution in [0.15, 0.2) is 91.6 Å². The second-order valence-corrected chi connectivity index (χ2v) is 13.4. The Hall–Kier alpha value is -6.81. The summed E-state index contributed by atoms with van der Waals surface area (Å²) in [6, 6.07) is 21.6. The molecule has 0 aliphatic carbocycles. The average molecular weight is 780 g/mol. The zero-order valence-corrected chi connectivity index (χ0v) is 32.0. The molecule has 0 saturated heterocycles. The van der Waals surface area contributed by atoms with Crippen molar-refractivity contribution in [1.29, 1.82) is 0 Å². The number of methoxy groups -OCH3 is 6. The summed E-state index contributed by atoms with van der Waals surface area (Å²) in [5.41, 5.74) is 5.20. The number of anilines is 4. The monoisotopic (exact) mass is 779 g/mol. The van der Waals surface area contributed by atoms with Crippen molar-refractivity contribution in [3.05, 3.63) is 84.2 Å². The topological polar surface area (TPSA) is 178 Å². The highest BCUT2D eigenvalue weighted by molar-refractivity contribution is 7.99. The number of hydrogen-bond acceptors (Lipinski definition) is 14. The molecule has 15 nitrogen and oxygen atoms in total. The van der Waals surface area contributed by atoms with Crippen LogP contribution in [0.3, 0.4) is 0 Å². The molecule has 0 fully saturated rings. The van der Waals surface area contributed by atoms with Crippen LogP contribution < -0.4 is 44.4 Å². The largest absolute Gasteiger partial charge is 0.493 e. The van der Waals surface area contributed by atoms with Crippen molar-refractivity contribution in [2.45, 2.75) is 22.6 Å². The fraction of sp³-hybridized carbons (Fsp3) is 0.200. The van der Waals surface area contributed by atoms with Crippen LogP contribution in [-0.2, 0) is 22.4 Å². The number of ether oxygens (including phenoxy) is 6. The van der Waals surface area contributed by atoms with Crippen molar-refractivity contribution < 1.29 is 47.1 Å². The molecule has 6 aromatic rings. The minimum Gasteiger partial charge on any atom is -0.493 e. The molecular weight excluding hydrogens is 743 g/mol. The number of carbonyl (C=O) groups excluding carboxylic acids is 2. The Morgan fingerprint density at radius 3 is 1.32 bits per heavy atom. The van der Waals surface area contributed by atoms with Crippen molar-refractivity contribution in [1.82, 2.24) is 10.3 Å². The number of carbonyl (C=O) groups is 2. The average Bonchev–Trinajstić information content (AvgIpc) is 3.88. The molecule has 0 saturated carbocycles. The first-order chi connectivity index (χ1) is 27.2. The van der Waals surface area contributed by atoms with Gasteiger partial charge in [-0.25, -0.2) is 0 Å². The number of rotatable bonds is 14. The summed E-state index contributed by atoms with van der Waals surface area (Å²) >= 11 is 1.51. The number of nitrogens with one attached hydrogen (secondary N) is 3. The third-order valence-electron chi connectivity index (χ3n) is 8.72. The molecule has 4 aromatic carbocycles. The smallest absolute Gasteiger partial charge is 0.230 e. The van der Waals surface area contributed by atoms with E-state index in [9.17, 15) is 9.59 Å². The van der Waals surface area contributed by atoms with E-state index < -0.39 is 0 Å². The van der Waals surface area contributed by atoms with E-state index in [1.54, 1.807) is 36.4 Å². The molecule has 1 aliphatic rings. The van der Waals surface area contributed by atoms with E-state index in [2.05, 4.69) is 26.3 Å². The summed E-state index contributed by atoms with van der Waals surface area (Å²) in [4.78, 5) is 27.9. The van der Waals surface area contributed by atoms with Gasteiger partial charge in [0.2, 0.25) is 23.3 Å². The molecular formula is C40H37N5O10S. The zero-order chi connectivity index (χ0) is 39.3. The number of fused-ring (bicyclic) bond motifs is 2. The molecule has 3 heterocycles. The lowest BCUT2D eigenvalue weighted by molar-refractivity contribution is -0.116. The molecule has 2 amide bonds. The Kier molecular flexibility index (Phi) is 10.9. The molecule has 7 rings (SSSR count). The van der Waals surface area contributed by atoms with Gasteiger partial charge in [-0.3, -0.25) is 9.59 Å². The normalized spacial score (nSPS) is 11.4. The van der Waals surface area contributed by atoms with Gasteiger partial charge < -0.3 is 53.4 Å². The van der Waals surface area contributed by atoms with Crippen molar-refractivity contribution in [2.24, 2.45) is 0 Å². The SMILES string of the molecule is COc1cc(-c2cc(CC(=O)Nc3ccc4c(c3)Sc3cc(NC(=O)Cc5cc(-c6cc(OC)c(OC)c(OC)c6)on5)ccc3N4)no2)cc(OC)c1OC. The summed E-state index contributed by atoms with van der Waals surface area (Å²) in [5, 5.41) is 17.5. The van der Waals surface area contributed by atoms with Gasteiger partial charge in [-0.15, -0.1) is 0 Å². The van der Waals surface area contributed by atoms with E-state index in [0.29, 0.717) is 79.9 Å². The predicted octanol–water partition coefficient (Wildman–Crippen LogP) is 7.62. The maximum absolute atomic E-state index is 13.1. The number of amides is 2. The Morgan fingerprint density at radius 1 is 0.571 bits per heavy atom. The maximum Gasteiger partial charge on any atom is 0.230 e. The maximum atomic E-state index is 13.1. The number of benzene rings is 4. The highest BCUT2D eigenvalue weighted by atomic mass is 32.2. The summed E-state index contributed by atoms with van der Waals surface area (Å²) in [7, 11) is 9.18. The molecule has 0 spiro atoms. The Labute approximate surface area is 325 Å². The fourth-order valence-corrected chi connectivity index (χ4v) is 7.15. The first kappa shape index (κ1) is 37.5. The molecule has 288 valence electrons. The molecule has 0 radical (unpaired) electrons. The molecule has 3 N–H and O–H groups in total. The van der Waals surface area contributed by atoms with E-state index in [-0.39, 0.29) is 24.7 Å². The number of nitrogens with zero attached hydrogens (tertiary/aromatic N) is 2. The first-order valence-corrected chi connectivity index (χ1v) is 17.9. The fourth-order valence-electron chi connectivity index (χ4n) is 6.09. The van der Waals surface area contributed by atoms with Crippen LogP contribution in [-0.4, -0.2) is 64.8 Å². The van der Waals surface area contributed by atoms with Crippen molar-refractivity contribution in [2.75, 3.05) is 58.6 Å². The summed E-state index contributed by atoms with van der Waals surface area (Å²) in [5.74, 6) is 3.12. The van der Waals surface area contributed by atoms with Gasteiger partial charge in [0.25, 0.3) is 0 Å². The van der Waals surface area contributed by atoms with Gasteiger partial charge in [0.05, 0.1) is 78.3 Å². The molecule has 1 aliphatic heterocycles. The van der Waals surface area contributed by atoms with Crippen LogP contribution in [0, 0.1) is 0 Å². The van der Waals surface area contributed by atoms with Gasteiger partial charge in [0.1, 0.15) is 0 Å². The Bertz CT molecular complexity index is 2210. The van der Waals surface area contributed by atoms with E-state index >= 15 is 0 Å². The summed E-state index contributed by atoms with van der Waals surface area (Å²) < 4.78 is 43.6. The molecule has 16 heteroatoms. The lowest BCUT2D eigenvalue weighted by Gasteiger charge is -2.22. The van der Waals surface area contributed by atoms with Crippen LogP contribution in [0.4, 0.5) is 22.7 Å². The third-order valence-corrected chi connectivity index (χ3v) is 9.84. The highest BCUT2D eigenvalue weighted by Crippen LogP contribution is 2.46. The zero-order valence-electron chi connectivity index (χ0n) is 31.2. The van der Waals surface area contributed by atoms with Crippen molar-refractivity contribution >= 4 is 46.3 Å². The second kappa shape index (κ2) is 16.3. The van der Waals surface area contributed by atoms with Crippen LogP contribution in [0.25, 0.3) is 22.6 Å². The number of hydrogen-bond donors (Lipinski definition) is 3. The van der Waals surface area contributed by atoms with Crippen LogP contribution in [0.5, 0.6) is 34.5 Å². The van der Waals surface area contributed by atoms with Gasteiger partial charge >= 0.3 is 0 Å². The lowest BCUT2D eigenvalue weighted by Crippen LogP contribution is -2.15. The van der Waals surface area contributed by atoms with Crippen LogP contribution in [0.1, 0.15) is 11.4 Å². The van der Waals surface area contributed by atoms with Gasteiger partial charge in [0.15, 0.2) is 34.5 Å². The molecule has 2 aromatic heterocycles. The minimum absolute atomic E-state index is 0.0110. The van der Waals surface area contributed by atoms with E-state index in [1.807, 2.05) is 36.4 Å². The highest BCUT2D eigenvalue weighted by Gasteiger charge is 2.21. The summed E-state index contributed by atoms with van der Waals surface area (Å²) in [6.07, 6.45) is -0.0220. The van der Waals surface area contributed by atoms with Gasteiger partial charge in [-0.1, -0.05) is 22.1 Å². The Morgan fingerprint density at radius 2 is 0.964 bits per heavy atom. The molecule has 0 unspecified atom stereocenters. The van der Waals surface area contributed by atoms with Crippen LogP contribution >= 0.6 is 11.8 Å². The standard InChI is InChI=1S/C40H37N5O10S/c1-48-31-11-21(12-32(49-2)39(31)52-5)29-15-25(44-54-29)19-37(46)41-23-7-9-27-35(17-23)56-36-18-24(8-10-28(36)43-27)42-38(47)20-26-16-30(55-45-26)22-13-33(50-3)40(53-6)34(14-22)51-4/h7-18,43H,19-20H2,1-6H3,(H,41,46)(H,42,47). The van der Waals surface area contributed by atoms with Crippen LogP contribution in [0.2, 0.25) is 0 Å². The van der Waals surface area contributed by atoms with Gasteiger partial charge in [0, 0.05) is 44.4 Å². The summed E-state index contributed by atoms with van der Waals surface area (Å²) in [6.45, 7) is 0. The van der Waals surface area contributed by atoms with E-state index in [4.69, 9.17) is 37.5 Å². The minimum atomic E-state index is -0.267. The quantitative estimate of drug-likeness (QED) is 0.0982. The van der Waals surface area contributed by atoms with Crippen molar-refractivity contribution in [3.63, 3.8) is 0 Å². The third kappa shape index (κ3) is 7.86. The molecule has 0 bridgehead atoms. The lowest BCUT2D eigenvalue weighted by atomic mass is 10.1. The Balaban J connectivity index is 0.970. The molecule has 56 heavy (non-hydrogen) atoms. The van der Waals surface area contributed by atoms with Gasteiger partial charge in [-0.05, 0) is 60.7 Å². The molecule has 0 atom stereocenters. The second-order valence-electron chi connectivity index (χ2n) is 12.3.